The molecule has 2 nitrogen and oxygen atoms in total. The van der Waals surface area contributed by atoms with Crippen LogP contribution in [0.3, 0.4) is 0 Å². The van der Waals surface area contributed by atoms with E-state index in [0.717, 1.165) is 6.42 Å². The van der Waals surface area contributed by atoms with Gasteiger partial charge in [0, 0.05) is 11.0 Å². The van der Waals surface area contributed by atoms with Gasteiger partial charge in [-0.1, -0.05) is 13.8 Å². The van der Waals surface area contributed by atoms with Crippen LogP contribution in [0.25, 0.3) is 0 Å². The Morgan fingerprint density at radius 2 is 2.25 bits per heavy atom. The second-order valence-electron chi connectivity index (χ2n) is 3.64. The molecule has 0 heterocycles. The van der Waals surface area contributed by atoms with Crippen LogP contribution in [0.1, 0.15) is 36.2 Å². The van der Waals surface area contributed by atoms with Gasteiger partial charge in [-0.05, 0) is 30.2 Å². The predicted molar refractivity (Wildman–Crippen MR) is 64.4 cm³/mol. The minimum absolute atomic E-state index is 0.140. The van der Waals surface area contributed by atoms with E-state index >= 15 is 0 Å². The zero-order valence-electron chi connectivity index (χ0n) is 9.37. The van der Waals surface area contributed by atoms with Gasteiger partial charge in [0.05, 0.1) is 5.56 Å². The van der Waals surface area contributed by atoms with Crippen LogP contribution in [0, 0.1) is 5.82 Å². The minimum atomic E-state index is -1.02. The number of aromatic carboxylic acids is 1. The van der Waals surface area contributed by atoms with Gasteiger partial charge in [-0.15, -0.1) is 0 Å². The molecule has 16 heavy (non-hydrogen) atoms. The third kappa shape index (κ3) is 3.52. The molecular formula is C12H15FO2S. The lowest BCUT2D eigenvalue weighted by atomic mass is 10.1. The van der Waals surface area contributed by atoms with Crippen molar-refractivity contribution in [1.82, 2.24) is 0 Å². The molecule has 0 aliphatic heterocycles. The summed E-state index contributed by atoms with van der Waals surface area (Å²) in [5.41, 5.74) is 0.603. The zero-order chi connectivity index (χ0) is 12.1. The van der Waals surface area contributed by atoms with Crippen LogP contribution in [0.15, 0.2) is 18.2 Å². The second-order valence-corrected chi connectivity index (χ2v) is 5.07. The molecule has 88 valence electrons. The van der Waals surface area contributed by atoms with E-state index in [1.165, 1.54) is 18.2 Å². The summed E-state index contributed by atoms with van der Waals surface area (Å²) in [6, 6.07) is 3.91. The Labute approximate surface area is 98.9 Å². The van der Waals surface area contributed by atoms with Gasteiger partial charge >= 0.3 is 5.97 Å². The van der Waals surface area contributed by atoms with Gasteiger partial charge in [0.1, 0.15) is 5.82 Å². The number of rotatable bonds is 5. The van der Waals surface area contributed by atoms with Crippen molar-refractivity contribution in [2.24, 2.45) is 0 Å². The molecule has 0 amide bonds. The minimum Gasteiger partial charge on any atom is -0.478 e. The molecule has 0 aliphatic carbocycles. The average Bonchev–Trinajstić information content (AvgIpc) is 2.27. The number of halogens is 1. The molecule has 1 atom stereocenters. The van der Waals surface area contributed by atoms with Gasteiger partial charge in [0.15, 0.2) is 0 Å². The Morgan fingerprint density at radius 3 is 2.81 bits per heavy atom. The van der Waals surface area contributed by atoms with Gasteiger partial charge in [0.2, 0.25) is 0 Å². The molecule has 0 fully saturated rings. The van der Waals surface area contributed by atoms with E-state index in [0.29, 0.717) is 16.6 Å². The number of hydrogen-bond acceptors (Lipinski definition) is 2. The predicted octanol–water partition coefficient (Wildman–Crippen LogP) is 3.56. The Balaban J connectivity index is 2.78. The van der Waals surface area contributed by atoms with Crippen LogP contribution < -0.4 is 0 Å². The maximum absolute atomic E-state index is 13.4. The average molecular weight is 242 g/mol. The molecule has 0 radical (unpaired) electrons. The maximum atomic E-state index is 13.4. The number of benzene rings is 1. The third-order valence-electron chi connectivity index (χ3n) is 2.39. The molecule has 0 spiro atoms. The van der Waals surface area contributed by atoms with Crippen molar-refractivity contribution < 1.29 is 14.3 Å². The second kappa shape index (κ2) is 5.89. The van der Waals surface area contributed by atoms with Crippen LogP contribution in [0.4, 0.5) is 4.39 Å². The van der Waals surface area contributed by atoms with Crippen LogP contribution in [-0.4, -0.2) is 16.3 Å². The zero-order valence-corrected chi connectivity index (χ0v) is 10.2. The largest absolute Gasteiger partial charge is 0.478 e. The first kappa shape index (κ1) is 13.0. The molecule has 0 aliphatic rings. The SMILES string of the molecule is CCC(C)SCc1cc(C(=O)O)ccc1F. The highest BCUT2D eigenvalue weighted by molar-refractivity contribution is 7.99. The summed E-state index contributed by atoms with van der Waals surface area (Å²) >= 11 is 1.63. The maximum Gasteiger partial charge on any atom is 0.335 e. The standard InChI is InChI=1S/C12H15FO2S/c1-3-8(2)16-7-10-6-9(12(14)15)4-5-11(10)13/h4-6,8H,3,7H2,1-2H3,(H,14,15). The normalized spacial score (nSPS) is 12.4. The van der Waals surface area contributed by atoms with E-state index in [-0.39, 0.29) is 11.4 Å². The number of carboxylic acid groups (broad SMARTS) is 1. The fourth-order valence-electron chi connectivity index (χ4n) is 1.17. The topological polar surface area (TPSA) is 37.3 Å². The molecule has 1 N–H and O–H groups in total. The van der Waals surface area contributed by atoms with E-state index in [1.54, 1.807) is 11.8 Å². The molecule has 1 unspecified atom stereocenters. The van der Waals surface area contributed by atoms with E-state index < -0.39 is 5.97 Å². The smallest absolute Gasteiger partial charge is 0.335 e. The monoisotopic (exact) mass is 242 g/mol. The van der Waals surface area contributed by atoms with Crippen molar-refractivity contribution in [3.63, 3.8) is 0 Å². The van der Waals surface area contributed by atoms with Gasteiger partial charge in [-0.3, -0.25) is 0 Å². The number of carbonyl (C=O) groups is 1. The Morgan fingerprint density at radius 1 is 1.56 bits per heavy atom. The van der Waals surface area contributed by atoms with E-state index in [9.17, 15) is 9.18 Å². The first-order valence-electron chi connectivity index (χ1n) is 5.18. The Kier molecular flexibility index (Phi) is 4.80. The summed E-state index contributed by atoms with van der Waals surface area (Å²) in [4.78, 5) is 10.7. The first-order valence-corrected chi connectivity index (χ1v) is 6.22. The van der Waals surface area contributed by atoms with Crippen molar-refractivity contribution in [3.8, 4) is 0 Å². The molecule has 1 aromatic carbocycles. The van der Waals surface area contributed by atoms with Crippen LogP contribution in [0.5, 0.6) is 0 Å². The fourth-order valence-corrected chi connectivity index (χ4v) is 2.09. The highest BCUT2D eigenvalue weighted by Crippen LogP contribution is 2.22. The summed E-state index contributed by atoms with van der Waals surface area (Å²) in [5.74, 6) is -0.835. The summed E-state index contributed by atoms with van der Waals surface area (Å²) < 4.78 is 13.4. The Bertz CT molecular complexity index is 379. The molecular weight excluding hydrogens is 227 g/mol. The van der Waals surface area contributed by atoms with Gasteiger partial charge < -0.3 is 5.11 Å². The summed E-state index contributed by atoms with van der Waals surface area (Å²) in [6.45, 7) is 4.14. The third-order valence-corrected chi connectivity index (χ3v) is 3.77. The molecule has 4 heteroatoms. The van der Waals surface area contributed by atoms with E-state index in [4.69, 9.17) is 5.11 Å². The lowest BCUT2D eigenvalue weighted by molar-refractivity contribution is 0.0696. The molecule has 1 rings (SSSR count). The molecule has 0 bridgehead atoms. The first-order chi connectivity index (χ1) is 7.54. The number of hydrogen-bond donors (Lipinski definition) is 1. The van der Waals surface area contributed by atoms with E-state index in [2.05, 4.69) is 13.8 Å². The van der Waals surface area contributed by atoms with Gasteiger partial charge in [0.25, 0.3) is 0 Å². The highest BCUT2D eigenvalue weighted by Gasteiger charge is 2.09. The molecule has 0 saturated heterocycles. The van der Waals surface area contributed by atoms with Crippen molar-refractivity contribution in [2.45, 2.75) is 31.3 Å². The van der Waals surface area contributed by atoms with Crippen molar-refractivity contribution in [3.05, 3.63) is 35.1 Å². The summed E-state index contributed by atoms with van der Waals surface area (Å²) in [6.07, 6.45) is 1.02. The summed E-state index contributed by atoms with van der Waals surface area (Å²) in [5, 5.41) is 9.25. The van der Waals surface area contributed by atoms with Crippen molar-refractivity contribution in [2.75, 3.05) is 0 Å². The Hall–Kier alpha value is -1.03. The van der Waals surface area contributed by atoms with Gasteiger partial charge in [-0.2, -0.15) is 11.8 Å². The fraction of sp³-hybridized carbons (Fsp3) is 0.417. The van der Waals surface area contributed by atoms with Crippen LogP contribution >= 0.6 is 11.8 Å². The van der Waals surface area contributed by atoms with E-state index in [1.807, 2.05) is 0 Å². The quantitative estimate of drug-likeness (QED) is 0.857. The lowest BCUT2D eigenvalue weighted by Crippen LogP contribution is -2.00. The van der Waals surface area contributed by atoms with Crippen molar-refractivity contribution in [1.29, 1.82) is 0 Å². The van der Waals surface area contributed by atoms with Crippen molar-refractivity contribution >= 4 is 17.7 Å². The van der Waals surface area contributed by atoms with Crippen LogP contribution in [0.2, 0.25) is 0 Å². The number of thioether (sulfide) groups is 1. The highest BCUT2D eigenvalue weighted by atomic mass is 32.2. The van der Waals surface area contributed by atoms with Crippen LogP contribution in [-0.2, 0) is 5.75 Å². The molecule has 1 aromatic rings. The van der Waals surface area contributed by atoms with Gasteiger partial charge in [-0.25, -0.2) is 9.18 Å². The summed E-state index contributed by atoms with van der Waals surface area (Å²) in [7, 11) is 0. The molecule has 0 aromatic heterocycles. The number of carboxylic acids is 1. The molecule has 0 saturated carbocycles. The lowest BCUT2D eigenvalue weighted by Gasteiger charge is -2.09.